The molecule has 0 bridgehead atoms. The molecule has 0 aromatic carbocycles. The lowest BCUT2D eigenvalue weighted by molar-refractivity contribution is -0.120. The number of thioether (sulfide) groups is 1. The largest absolute Gasteiger partial charge is 0.351 e. The van der Waals surface area contributed by atoms with Gasteiger partial charge in [0, 0.05) is 17.5 Å². The molecule has 3 rings (SSSR count). The van der Waals surface area contributed by atoms with Gasteiger partial charge >= 0.3 is 0 Å². The second-order valence-electron chi connectivity index (χ2n) is 7.22. The Hall–Kier alpha value is -1.34. The summed E-state index contributed by atoms with van der Waals surface area (Å²) in [7, 11) is 1.75. The third-order valence-electron chi connectivity index (χ3n) is 4.85. The maximum atomic E-state index is 12.8. The normalized spacial score (nSPS) is 14.6. The lowest BCUT2D eigenvalue weighted by Gasteiger charge is -2.24. The summed E-state index contributed by atoms with van der Waals surface area (Å²) >= 11 is 2.97. The Morgan fingerprint density at radius 1 is 1.36 bits per heavy atom. The molecule has 2 aromatic rings. The number of thiophene rings is 1. The molecule has 25 heavy (non-hydrogen) atoms. The third-order valence-corrected chi connectivity index (χ3v) is 7.06. The molecular weight excluding hydrogens is 354 g/mol. The highest BCUT2D eigenvalue weighted by Crippen LogP contribution is 2.34. The highest BCUT2D eigenvalue weighted by atomic mass is 32.2. The van der Waals surface area contributed by atoms with Gasteiger partial charge < -0.3 is 5.32 Å². The molecule has 0 spiro atoms. The molecule has 0 saturated carbocycles. The average molecular weight is 380 g/mol. The number of nitrogens with zero attached hydrogens (tertiary/aromatic N) is 2. The zero-order valence-electron chi connectivity index (χ0n) is 15.3. The van der Waals surface area contributed by atoms with Gasteiger partial charge in [-0.1, -0.05) is 18.7 Å². The van der Waals surface area contributed by atoms with Crippen LogP contribution in [0.1, 0.15) is 50.5 Å². The number of aromatic nitrogens is 2. The lowest BCUT2D eigenvalue weighted by Crippen LogP contribution is -2.43. The number of carbonyl (C=O) groups is 1. The van der Waals surface area contributed by atoms with Gasteiger partial charge in [0.05, 0.1) is 11.1 Å². The smallest absolute Gasteiger partial charge is 0.262 e. The van der Waals surface area contributed by atoms with Gasteiger partial charge in [-0.25, -0.2) is 4.98 Å². The minimum absolute atomic E-state index is 0.0150. The van der Waals surface area contributed by atoms with Crippen molar-refractivity contribution in [3.63, 3.8) is 0 Å². The molecular formula is C18H25N3O2S2. The van der Waals surface area contributed by atoms with Crippen LogP contribution in [0.5, 0.6) is 0 Å². The van der Waals surface area contributed by atoms with E-state index in [9.17, 15) is 9.59 Å². The van der Waals surface area contributed by atoms with E-state index in [0.29, 0.717) is 5.16 Å². The molecule has 0 unspecified atom stereocenters. The Balaban J connectivity index is 1.84. The van der Waals surface area contributed by atoms with Crippen LogP contribution in [0.15, 0.2) is 9.95 Å². The summed E-state index contributed by atoms with van der Waals surface area (Å²) in [6.07, 6.45) is 5.23. The lowest BCUT2D eigenvalue weighted by atomic mass is 9.97. The number of fused-ring (bicyclic) bond motifs is 3. The molecule has 1 aliphatic carbocycles. The fraction of sp³-hybridized carbons (Fsp3) is 0.611. The summed E-state index contributed by atoms with van der Waals surface area (Å²) < 4.78 is 1.59. The highest BCUT2D eigenvalue weighted by Gasteiger charge is 2.22. The molecule has 7 heteroatoms. The maximum Gasteiger partial charge on any atom is 0.262 e. The molecule has 0 fully saturated rings. The number of hydrogen-bond acceptors (Lipinski definition) is 5. The van der Waals surface area contributed by atoms with Crippen molar-refractivity contribution in [2.24, 2.45) is 7.05 Å². The Morgan fingerprint density at radius 3 is 2.80 bits per heavy atom. The molecule has 0 aliphatic heterocycles. The van der Waals surface area contributed by atoms with Crippen molar-refractivity contribution < 1.29 is 4.79 Å². The van der Waals surface area contributed by atoms with E-state index in [0.717, 1.165) is 35.9 Å². The van der Waals surface area contributed by atoms with Gasteiger partial charge in [-0.2, -0.15) is 0 Å². The van der Waals surface area contributed by atoms with E-state index in [-0.39, 0.29) is 22.8 Å². The molecule has 0 saturated heterocycles. The first kappa shape index (κ1) is 18.5. The quantitative estimate of drug-likeness (QED) is 0.640. The number of rotatable bonds is 5. The molecule has 1 N–H and O–H groups in total. The van der Waals surface area contributed by atoms with E-state index >= 15 is 0 Å². The Kier molecular flexibility index (Phi) is 5.25. The van der Waals surface area contributed by atoms with Crippen molar-refractivity contribution in [3.8, 4) is 0 Å². The van der Waals surface area contributed by atoms with Crippen molar-refractivity contribution in [1.82, 2.24) is 14.9 Å². The van der Waals surface area contributed by atoms with Crippen LogP contribution in [0, 0.1) is 0 Å². The van der Waals surface area contributed by atoms with Crippen LogP contribution in [-0.2, 0) is 24.7 Å². The third kappa shape index (κ3) is 3.77. The van der Waals surface area contributed by atoms with Crippen LogP contribution in [0.4, 0.5) is 0 Å². The predicted molar refractivity (Wildman–Crippen MR) is 105 cm³/mol. The Bertz CT molecular complexity index is 867. The minimum Gasteiger partial charge on any atom is -0.351 e. The van der Waals surface area contributed by atoms with Crippen molar-refractivity contribution >= 4 is 39.2 Å². The van der Waals surface area contributed by atoms with E-state index in [2.05, 4.69) is 5.32 Å². The van der Waals surface area contributed by atoms with Gasteiger partial charge in [0.15, 0.2) is 5.16 Å². The van der Waals surface area contributed by atoms with Gasteiger partial charge in [0.1, 0.15) is 4.83 Å². The number of aryl methyl sites for hydroxylation is 2. The van der Waals surface area contributed by atoms with Crippen LogP contribution in [-0.4, -0.2) is 26.8 Å². The zero-order valence-corrected chi connectivity index (χ0v) is 16.9. The van der Waals surface area contributed by atoms with E-state index in [1.165, 1.54) is 28.6 Å². The number of nitrogens with one attached hydrogen (secondary N) is 1. The molecule has 136 valence electrons. The SMILES string of the molecule is CCC(C)(C)NC(=O)CSc1nc2sc3c(c2c(=O)n1C)CCCC3. The first-order chi connectivity index (χ1) is 11.8. The van der Waals surface area contributed by atoms with Gasteiger partial charge in [0.25, 0.3) is 5.56 Å². The van der Waals surface area contributed by atoms with Crippen molar-refractivity contribution in [3.05, 3.63) is 20.8 Å². The van der Waals surface area contributed by atoms with Crippen LogP contribution < -0.4 is 10.9 Å². The van der Waals surface area contributed by atoms with Gasteiger partial charge in [0.2, 0.25) is 5.91 Å². The summed E-state index contributed by atoms with van der Waals surface area (Å²) in [5.74, 6) is 0.233. The average Bonchev–Trinajstić information content (AvgIpc) is 2.94. The van der Waals surface area contributed by atoms with Crippen LogP contribution >= 0.6 is 23.1 Å². The first-order valence-corrected chi connectivity index (χ1v) is 10.6. The fourth-order valence-corrected chi connectivity index (χ4v) is 5.10. The summed E-state index contributed by atoms with van der Waals surface area (Å²) in [5.41, 5.74) is 1.01. The Labute approximate surface area is 156 Å². The summed E-state index contributed by atoms with van der Waals surface area (Å²) in [5, 5.41) is 4.42. The number of carbonyl (C=O) groups excluding carboxylic acids is 1. The zero-order chi connectivity index (χ0) is 18.2. The second-order valence-corrected chi connectivity index (χ2v) is 9.25. The van der Waals surface area contributed by atoms with E-state index in [1.807, 2.05) is 20.8 Å². The van der Waals surface area contributed by atoms with Crippen LogP contribution in [0.3, 0.4) is 0 Å². The molecule has 0 radical (unpaired) electrons. The van der Waals surface area contributed by atoms with Crippen molar-refractivity contribution in [1.29, 1.82) is 0 Å². The molecule has 1 amide bonds. The number of amides is 1. The first-order valence-electron chi connectivity index (χ1n) is 8.77. The minimum atomic E-state index is -0.215. The predicted octanol–water partition coefficient (Wildman–Crippen LogP) is 3.27. The second kappa shape index (κ2) is 7.11. The van der Waals surface area contributed by atoms with E-state index in [4.69, 9.17) is 4.98 Å². The summed E-state index contributed by atoms with van der Waals surface area (Å²) in [6, 6.07) is 0. The highest BCUT2D eigenvalue weighted by molar-refractivity contribution is 7.99. The van der Waals surface area contributed by atoms with Gasteiger partial charge in [-0.3, -0.25) is 14.2 Å². The van der Waals surface area contributed by atoms with Gasteiger partial charge in [-0.05, 0) is 51.5 Å². The van der Waals surface area contributed by atoms with Crippen molar-refractivity contribution in [2.75, 3.05) is 5.75 Å². The molecule has 2 heterocycles. The van der Waals surface area contributed by atoms with Crippen LogP contribution in [0.25, 0.3) is 10.2 Å². The standard InChI is InChI=1S/C18H25N3O2S2/c1-5-18(2,3)20-13(22)10-24-17-19-15-14(16(23)21(17)4)11-8-6-7-9-12(11)25-15/h5-10H2,1-4H3,(H,20,22). The fourth-order valence-electron chi connectivity index (χ4n) is 3.03. The monoisotopic (exact) mass is 379 g/mol. The Morgan fingerprint density at radius 2 is 2.08 bits per heavy atom. The summed E-state index contributed by atoms with van der Waals surface area (Å²) in [4.78, 5) is 31.8. The molecule has 0 atom stereocenters. The topological polar surface area (TPSA) is 64.0 Å². The maximum absolute atomic E-state index is 12.8. The number of hydrogen-bond donors (Lipinski definition) is 1. The molecule has 5 nitrogen and oxygen atoms in total. The van der Waals surface area contributed by atoms with E-state index in [1.54, 1.807) is 23.0 Å². The van der Waals surface area contributed by atoms with E-state index < -0.39 is 0 Å². The summed E-state index contributed by atoms with van der Waals surface area (Å²) in [6.45, 7) is 6.06. The van der Waals surface area contributed by atoms with Crippen molar-refractivity contribution in [2.45, 2.75) is 63.6 Å². The molecule has 1 aliphatic rings. The van der Waals surface area contributed by atoms with Crippen LogP contribution in [0.2, 0.25) is 0 Å². The van der Waals surface area contributed by atoms with Gasteiger partial charge in [-0.15, -0.1) is 11.3 Å². The molecule has 2 aromatic heterocycles.